The summed E-state index contributed by atoms with van der Waals surface area (Å²) in [5, 5.41) is 0. The van der Waals surface area contributed by atoms with Crippen molar-refractivity contribution in [1.29, 1.82) is 0 Å². The Bertz CT molecular complexity index is 404. The Morgan fingerprint density at radius 2 is 2.11 bits per heavy atom. The highest BCUT2D eigenvalue weighted by Gasteiger charge is 2.15. The lowest BCUT2D eigenvalue weighted by Crippen LogP contribution is -2.16. The molecule has 1 aromatic rings. The first-order valence-corrected chi connectivity index (χ1v) is 6.95. The Labute approximate surface area is 115 Å². The highest BCUT2D eigenvalue weighted by Crippen LogP contribution is 2.21. The fourth-order valence-corrected chi connectivity index (χ4v) is 2.27. The van der Waals surface area contributed by atoms with E-state index in [2.05, 4.69) is 18.8 Å². The maximum Gasteiger partial charge on any atom is 0.137 e. The smallest absolute Gasteiger partial charge is 0.137 e. The average molecular weight is 263 g/mol. The predicted molar refractivity (Wildman–Crippen MR) is 78.6 cm³/mol. The molecule has 0 aromatic carbocycles. The van der Waals surface area contributed by atoms with Gasteiger partial charge in [-0.2, -0.15) is 0 Å². The standard InChI is InChI=1S/C15H25N3O/c1-11(2)12(7-8-16)5-6-14(19)10-13-4-3-9-18-15(13)17/h3-4,9,11-12H,5-8,10,16H2,1-2H3,(H2,17,18). The first-order chi connectivity index (χ1) is 9.04. The highest BCUT2D eigenvalue weighted by molar-refractivity contribution is 5.81. The lowest BCUT2D eigenvalue weighted by atomic mass is 9.87. The molecule has 0 saturated carbocycles. The summed E-state index contributed by atoms with van der Waals surface area (Å²) in [5.74, 6) is 1.78. The van der Waals surface area contributed by atoms with Gasteiger partial charge in [0.1, 0.15) is 11.6 Å². The molecule has 1 unspecified atom stereocenters. The summed E-state index contributed by atoms with van der Waals surface area (Å²) < 4.78 is 0. The number of rotatable bonds is 8. The fraction of sp³-hybridized carbons (Fsp3) is 0.600. The van der Waals surface area contributed by atoms with Gasteiger partial charge in [-0.15, -0.1) is 0 Å². The van der Waals surface area contributed by atoms with Crippen LogP contribution >= 0.6 is 0 Å². The molecule has 0 radical (unpaired) electrons. The molecule has 19 heavy (non-hydrogen) atoms. The summed E-state index contributed by atoms with van der Waals surface area (Å²) in [6.07, 6.45) is 4.51. The number of nitrogen functional groups attached to an aromatic ring is 1. The van der Waals surface area contributed by atoms with Crippen LogP contribution in [0.4, 0.5) is 5.82 Å². The number of hydrogen-bond donors (Lipinski definition) is 2. The van der Waals surface area contributed by atoms with Crippen molar-refractivity contribution in [2.45, 2.75) is 39.5 Å². The quantitative estimate of drug-likeness (QED) is 0.753. The SMILES string of the molecule is CC(C)C(CCN)CCC(=O)Cc1cccnc1N. The molecule has 0 saturated heterocycles. The van der Waals surface area contributed by atoms with E-state index < -0.39 is 0 Å². The van der Waals surface area contributed by atoms with Crippen LogP contribution < -0.4 is 11.5 Å². The van der Waals surface area contributed by atoms with Crippen molar-refractivity contribution in [1.82, 2.24) is 4.98 Å². The zero-order chi connectivity index (χ0) is 14.3. The second-order valence-electron chi connectivity index (χ2n) is 5.38. The molecule has 4 nitrogen and oxygen atoms in total. The van der Waals surface area contributed by atoms with Gasteiger partial charge in [0, 0.05) is 24.6 Å². The van der Waals surface area contributed by atoms with Gasteiger partial charge in [-0.3, -0.25) is 4.79 Å². The number of Topliss-reactive ketones (excluding diaryl/α,β-unsaturated/α-hetero) is 1. The third kappa shape index (κ3) is 5.39. The van der Waals surface area contributed by atoms with Crippen molar-refractivity contribution in [3.63, 3.8) is 0 Å². The number of ketones is 1. The Kier molecular flexibility index (Phi) is 6.50. The number of hydrogen-bond acceptors (Lipinski definition) is 4. The molecule has 1 rings (SSSR count). The van der Waals surface area contributed by atoms with E-state index in [-0.39, 0.29) is 5.78 Å². The summed E-state index contributed by atoms with van der Waals surface area (Å²) >= 11 is 0. The minimum Gasteiger partial charge on any atom is -0.383 e. The molecule has 4 heteroatoms. The molecule has 1 aromatic heterocycles. The molecule has 4 N–H and O–H groups in total. The number of aromatic nitrogens is 1. The van der Waals surface area contributed by atoms with Gasteiger partial charge in [-0.25, -0.2) is 4.98 Å². The summed E-state index contributed by atoms with van der Waals surface area (Å²) in [4.78, 5) is 16.0. The van der Waals surface area contributed by atoms with E-state index in [1.807, 2.05) is 12.1 Å². The Balaban J connectivity index is 2.45. The maximum atomic E-state index is 12.0. The fourth-order valence-electron chi connectivity index (χ4n) is 2.27. The lowest BCUT2D eigenvalue weighted by molar-refractivity contribution is -0.118. The van der Waals surface area contributed by atoms with Crippen molar-refractivity contribution in [3.8, 4) is 0 Å². The summed E-state index contributed by atoms with van der Waals surface area (Å²) in [5.41, 5.74) is 12.2. The zero-order valence-electron chi connectivity index (χ0n) is 11.9. The molecule has 0 amide bonds. The molecule has 0 fully saturated rings. The molecule has 106 valence electrons. The highest BCUT2D eigenvalue weighted by atomic mass is 16.1. The van der Waals surface area contributed by atoms with Crippen LogP contribution in [0.3, 0.4) is 0 Å². The molecule has 0 aliphatic rings. The number of pyridine rings is 1. The Hall–Kier alpha value is -1.42. The first kappa shape index (κ1) is 15.6. The number of nitrogens with zero attached hydrogens (tertiary/aromatic N) is 1. The third-order valence-electron chi connectivity index (χ3n) is 3.59. The second kappa shape index (κ2) is 7.89. The second-order valence-corrected chi connectivity index (χ2v) is 5.38. The van der Waals surface area contributed by atoms with E-state index in [4.69, 9.17) is 11.5 Å². The van der Waals surface area contributed by atoms with Gasteiger partial charge in [0.05, 0.1) is 0 Å². The van der Waals surface area contributed by atoms with Gasteiger partial charge in [0.25, 0.3) is 0 Å². The molecule has 0 aliphatic heterocycles. The number of carbonyl (C=O) groups is 1. The number of anilines is 1. The van der Waals surface area contributed by atoms with E-state index in [1.165, 1.54) is 0 Å². The maximum absolute atomic E-state index is 12.0. The van der Waals surface area contributed by atoms with E-state index in [0.29, 0.717) is 37.0 Å². The van der Waals surface area contributed by atoms with Gasteiger partial charge in [0.2, 0.25) is 0 Å². The number of carbonyl (C=O) groups excluding carboxylic acids is 1. The van der Waals surface area contributed by atoms with Crippen LogP contribution in [-0.2, 0) is 11.2 Å². The van der Waals surface area contributed by atoms with Crippen LogP contribution in [0.1, 0.15) is 38.7 Å². The first-order valence-electron chi connectivity index (χ1n) is 6.95. The monoisotopic (exact) mass is 263 g/mol. The molecule has 0 spiro atoms. The van der Waals surface area contributed by atoms with Crippen molar-refractivity contribution < 1.29 is 4.79 Å². The van der Waals surface area contributed by atoms with Crippen LogP contribution in [0, 0.1) is 11.8 Å². The summed E-state index contributed by atoms with van der Waals surface area (Å²) in [6.45, 7) is 5.06. The molecular formula is C15H25N3O. The number of nitrogens with two attached hydrogens (primary N) is 2. The van der Waals surface area contributed by atoms with Crippen LogP contribution in [0.15, 0.2) is 18.3 Å². The van der Waals surface area contributed by atoms with Gasteiger partial charge in [0.15, 0.2) is 0 Å². The molecular weight excluding hydrogens is 238 g/mol. The Morgan fingerprint density at radius 3 is 2.68 bits per heavy atom. The molecule has 0 aliphatic carbocycles. The predicted octanol–water partition coefficient (Wildman–Crippen LogP) is 2.18. The van der Waals surface area contributed by atoms with Gasteiger partial charge in [-0.1, -0.05) is 19.9 Å². The van der Waals surface area contributed by atoms with Gasteiger partial charge in [-0.05, 0) is 37.3 Å². The van der Waals surface area contributed by atoms with Crippen LogP contribution in [0.5, 0.6) is 0 Å². The summed E-state index contributed by atoms with van der Waals surface area (Å²) in [7, 11) is 0. The summed E-state index contributed by atoms with van der Waals surface area (Å²) in [6, 6.07) is 3.67. The Morgan fingerprint density at radius 1 is 1.37 bits per heavy atom. The molecule has 1 heterocycles. The lowest BCUT2D eigenvalue weighted by Gasteiger charge is -2.19. The van der Waals surface area contributed by atoms with Crippen LogP contribution in [-0.4, -0.2) is 17.3 Å². The normalized spacial score (nSPS) is 12.6. The largest absolute Gasteiger partial charge is 0.383 e. The average Bonchev–Trinajstić information content (AvgIpc) is 2.37. The minimum atomic E-state index is 0.224. The van der Waals surface area contributed by atoms with E-state index in [1.54, 1.807) is 6.20 Å². The van der Waals surface area contributed by atoms with Crippen molar-refractivity contribution >= 4 is 11.6 Å². The van der Waals surface area contributed by atoms with Crippen molar-refractivity contribution in [2.24, 2.45) is 17.6 Å². The molecule has 1 atom stereocenters. The van der Waals surface area contributed by atoms with Crippen LogP contribution in [0.2, 0.25) is 0 Å². The minimum absolute atomic E-state index is 0.224. The topological polar surface area (TPSA) is 82.0 Å². The van der Waals surface area contributed by atoms with Gasteiger partial charge >= 0.3 is 0 Å². The van der Waals surface area contributed by atoms with Crippen LogP contribution in [0.25, 0.3) is 0 Å². The van der Waals surface area contributed by atoms with E-state index in [0.717, 1.165) is 18.4 Å². The van der Waals surface area contributed by atoms with E-state index >= 15 is 0 Å². The van der Waals surface area contributed by atoms with Crippen molar-refractivity contribution in [3.05, 3.63) is 23.9 Å². The van der Waals surface area contributed by atoms with Crippen molar-refractivity contribution in [2.75, 3.05) is 12.3 Å². The zero-order valence-corrected chi connectivity index (χ0v) is 11.9. The third-order valence-corrected chi connectivity index (χ3v) is 3.59. The molecule has 0 bridgehead atoms. The van der Waals surface area contributed by atoms with Gasteiger partial charge < -0.3 is 11.5 Å². The van der Waals surface area contributed by atoms with E-state index in [9.17, 15) is 4.79 Å².